The first-order valence-electron chi connectivity index (χ1n) is 9.35. The number of aliphatic carboxylic acids is 1. The summed E-state index contributed by atoms with van der Waals surface area (Å²) in [6.07, 6.45) is 8.16. The smallest absolute Gasteiger partial charge is 0.305 e. The number of rotatable bonds is 7. The van der Waals surface area contributed by atoms with Gasteiger partial charge in [-0.15, -0.1) is 0 Å². The summed E-state index contributed by atoms with van der Waals surface area (Å²) in [6.45, 7) is 2.61. The van der Waals surface area contributed by atoms with E-state index in [4.69, 9.17) is 5.11 Å². The highest BCUT2D eigenvalue weighted by Crippen LogP contribution is 2.29. The molecule has 2 fully saturated rings. The Morgan fingerprint density at radius 3 is 2.46 bits per heavy atom. The molecule has 1 aliphatic heterocycles. The number of hydrogen-bond donors (Lipinski definition) is 2. The fourth-order valence-electron chi connectivity index (χ4n) is 3.97. The molecule has 0 aromatic rings. The van der Waals surface area contributed by atoms with Gasteiger partial charge in [0.05, 0.1) is 6.42 Å². The molecule has 2 unspecified atom stereocenters. The van der Waals surface area contributed by atoms with Crippen molar-refractivity contribution in [2.45, 2.75) is 83.2 Å². The fraction of sp³-hybridized carbons (Fsp3) is 0.833. The first kappa shape index (κ1) is 18.7. The molecule has 2 N–H and O–H groups in total. The van der Waals surface area contributed by atoms with E-state index < -0.39 is 12.0 Å². The average Bonchev–Trinajstić information content (AvgIpc) is 3.04. The van der Waals surface area contributed by atoms with E-state index in [0.29, 0.717) is 19.4 Å². The Bertz CT molecular complexity index is 460. The third kappa shape index (κ3) is 4.95. The maximum atomic E-state index is 12.8. The Balaban J connectivity index is 1.96. The predicted molar refractivity (Wildman–Crippen MR) is 90.4 cm³/mol. The van der Waals surface area contributed by atoms with Crippen LogP contribution in [0.2, 0.25) is 0 Å². The molecule has 1 heterocycles. The molecular weight excluding hydrogens is 308 g/mol. The van der Waals surface area contributed by atoms with E-state index in [1.165, 1.54) is 6.42 Å². The maximum absolute atomic E-state index is 12.8. The second-order valence-corrected chi connectivity index (χ2v) is 7.12. The van der Waals surface area contributed by atoms with Crippen LogP contribution in [0.4, 0.5) is 0 Å². The van der Waals surface area contributed by atoms with Crippen molar-refractivity contribution in [3.05, 3.63) is 0 Å². The molecule has 2 atom stereocenters. The molecule has 0 aromatic carbocycles. The number of carboxylic acids is 1. The van der Waals surface area contributed by atoms with Gasteiger partial charge in [-0.3, -0.25) is 14.4 Å². The van der Waals surface area contributed by atoms with Gasteiger partial charge >= 0.3 is 5.97 Å². The molecule has 1 saturated heterocycles. The van der Waals surface area contributed by atoms with Crippen LogP contribution in [0.15, 0.2) is 0 Å². The van der Waals surface area contributed by atoms with Crippen molar-refractivity contribution in [2.24, 2.45) is 5.92 Å². The van der Waals surface area contributed by atoms with Crippen molar-refractivity contribution < 1.29 is 19.5 Å². The quantitative estimate of drug-likeness (QED) is 0.746. The summed E-state index contributed by atoms with van der Waals surface area (Å²) in [4.78, 5) is 38.1. The van der Waals surface area contributed by atoms with Gasteiger partial charge in [-0.2, -0.15) is 0 Å². The van der Waals surface area contributed by atoms with E-state index in [1.54, 1.807) is 4.90 Å². The van der Waals surface area contributed by atoms with Crippen LogP contribution in [0.5, 0.6) is 0 Å². The number of hydrogen-bond acceptors (Lipinski definition) is 3. The van der Waals surface area contributed by atoms with E-state index in [1.807, 2.05) is 6.92 Å². The summed E-state index contributed by atoms with van der Waals surface area (Å²) in [6, 6.07) is -0.778. The average molecular weight is 338 g/mol. The standard InChI is InChI=1S/C18H30N2O4/c1-2-7-14(12-16(21)22)19-17(23)15-10-6-11-20(15)18(24)13-8-4-3-5-9-13/h13-15H,2-12H2,1H3,(H,19,23)(H,21,22). The van der Waals surface area contributed by atoms with Crippen LogP contribution < -0.4 is 5.32 Å². The van der Waals surface area contributed by atoms with Crippen LogP contribution in [-0.4, -0.2) is 46.4 Å². The Labute approximate surface area is 144 Å². The second kappa shape index (κ2) is 9.04. The lowest BCUT2D eigenvalue weighted by molar-refractivity contribution is -0.143. The second-order valence-electron chi connectivity index (χ2n) is 7.12. The molecule has 1 aliphatic carbocycles. The van der Waals surface area contributed by atoms with Crippen molar-refractivity contribution in [2.75, 3.05) is 6.54 Å². The molecular formula is C18H30N2O4. The molecule has 6 heteroatoms. The highest BCUT2D eigenvalue weighted by molar-refractivity contribution is 5.89. The molecule has 6 nitrogen and oxygen atoms in total. The van der Waals surface area contributed by atoms with Crippen molar-refractivity contribution >= 4 is 17.8 Å². The van der Waals surface area contributed by atoms with Crippen molar-refractivity contribution in [1.29, 1.82) is 0 Å². The highest BCUT2D eigenvalue weighted by Gasteiger charge is 2.37. The number of carboxylic acid groups (broad SMARTS) is 1. The number of carbonyl (C=O) groups is 3. The SMILES string of the molecule is CCCC(CC(=O)O)NC(=O)C1CCCN1C(=O)C1CCCCC1. The number of amides is 2. The molecule has 2 aliphatic rings. The summed E-state index contributed by atoms with van der Waals surface area (Å²) >= 11 is 0. The monoisotopic (exact) mass is 338 g/mol. The minimum absolute atomic E-state index is 0.0666. The normalized spacial score (nSPS) is 23.0. The van der Waals surface area contributed by atoms with Crippen LogP contribution in [0.25, 0.3) is 0 Å². The zero-order valence-electron chi connectivity index (χ0n) is 14.6. The zero-order valence-corrected chi connectivity index (χ0v) is 14.6. The van der Waals surface area contributed by atoms with Gasteiger partial charge in [0, 0.05) is 18.5 Å². The van der Waals surface area contributed by atoms with Crippen LogP contribution in [0.3, 0.4) is 0 Å². The van der Waals surface area contributed by atoms with Gasteiger partial charge in [0.25, 0.3) is 0 Å². The molecule has 0 aromatic heterocycles. The van der Waals surface area contributed by atoms with E-state index >= 15 is 0 Å². The first-order chi connectivity index (χ1) is 11.5. The summed E-state index contributed by atoms with van der Waals surface area (Å²) in [5.74, 6) is -0.901. The van der Waals surface area contributed by atoms with Crippen molar-refractivity contribution in [3.63, 3.8) is 0 Å². The van der Waals surface area contributed by atoms with Gasteiger partial charge in [0.2, 0.25) is 11.8 Å². The third-order valence-electron chi connectivity index (χ3n) is 5.20. The Morgan fingerprint density at radius 2 is 1.83 bits per heavy atom. The van der Waals surface area contributed by atoms with Gasteiger partial charge in [-0.1, -0.05) is 32.6 Å². The summed E-state index contributed by atoms with van der Waals surface area (Å²) in [7, 11) is 0. The van der Waals surface area contributed by atoms with Crippen LogP contribution in [-0.2, 0) is 14.4 Å². The lowest BCUT2D eigenvalue weighted by Gasteiger charge is -2.30. The van der Waals surface area contributed by atoms with E-state index in [9.17, 15) is 14.4 Å². The first-order valence-corrected chi connectivity index (χ1v) is 9.35. The van der Waals surface area contributed by atoms with Crippen LogP contribution >= 0.6 is 0 Å². The Kier molecular flexibility index (Phi) is 7.06. The van der Waals surface area contributed by atoms with Gasteiger partial charge in [0.15, 0.2) is 0 Å². The topological polar surface area (TPSA) is 86.7 Å². The summed E-state index contributed by atoms with van der Waals surface area (Å²) in [5.41, 5.74) is 0. The number of nitrogens with zero attached hydrogens (tertiary/aromatic N) is 1. The molecule has 2 amide bonds. The number of likely N-dealkylation sites (tertiary alicyclic amines) is 1. The maximum Gasteiger partial charge on any atom is 0.305 e. The van der Waals surface area contributed by atoms with Gasteiger partial charge in [-0.05, 0) is 32.1 Å². The van der Waals surface area contributed by atoms with Crippen molar-refractivity contribution in [3.8, 4) is 0 Å². The molecule has 2 rings (SSSR count). The number of carbonyl (C=O) groups excluding carboxylic acids is 2. The van der Waals surface area contributed by atoms with Gasteiger partial charge in [-0.25, -0.2) is 0 Å². The van der Waals surface area contributed by atoms with Gasteiger partial charge < -0.3 is 15.3 Å². The number of nitrogens with one attached hydrogen (secondary N) is 1. The summed E-state index contributed by atoms with van der Waals surface area (Å²) in [5, 5.41) is 11.8. The molecule has 1 saturated carbocycles. The highest BCUT2D eigenvalue weighted by atomic mass is 16.4. The minimum atomic E-state index is -0.907. The van der Waals surface area contributed by atoms with E-state index in [2.05, 4.69) is 5.32 Å². The van der Waals surface area contributed by atoms with E-state index in [0.717, 1.165) is 38.5 Å². The van der Waals surface area contributed by atoms with Gasteiger partial charge in [0.1, 0.15) is 6.04 Å². The molecule has 0 radical (unpaired) electrons. The van der Waals surface area contributed by atoms with E-state index in [-0.39, 0.29) is 30.2 Å². The fourth-order valence-corrected chi connectivity index (χ4v) is 3.97. The molecule has 0 bridgehead atoms. The van der Waals surface area contributed by atoms with Crippen LogP contribution in [0.1, 0.15) is 71.1 Å². The Hall–Kier alpha value is -1.59. The predicted octanol–water partition coefficient (Wildman–Crippen LogP) is 2.32. The zero-order chi connectivity index (χ0) is 17.5. The lowest BCUT2D eigenvalue weighted by Crippen LogP contribution is -2.50. The minimum Gasteiger partial charge on any atom is -0.481 e. The lowest BCUT2D eigenvalue weighted by atomic mass is 9.88. The van der Waals surface area contributed by atoms with Crippen molar-refractivity contribution in [1.82, 2.24) is 10.2 Å². The molecule has 136 valence electrons. The Morgan fingerprint density at radius 1 is 1.12 bits per heavy atom. The molecule has 24 heavy (non-hydrogen) atoms. The van der Waals surface area contributed by atoms with Crippen LogP contribution in [0, 0.1) is 5.92 Å². The molecule has 0 spiro atoms. The summed E-state index contributed by atoms with van der Waals surface area (Å²) < 4.78 is 0. The third-order valence-corrected chi connectivity index (χ3v) is 5.20. The largest absolute Gasteiger partial charge is 0.481 e.